The number of nitrogens with zero attached hydrogens (tertiary/aromatic N) is 3. The number of imide groups is 1. The van der Waals surface area contributed by atoms with Crippen molar-refractivity contribution in [2.75, 3.05) is 37.6 Å². The molecule has 1 aliphatic rings. The number of hydrogen-bond acceptors (Lipinski definition) is 5. The summed E-state index contributed by atoms with van der Waals surface area (Å²) in [5, 5.41) is 2.01. The summed E-state index contributed by atoms with van der Waals surface area (Å²) in [6.07, 6.45) is -2.61. The van der Waals surface area contributed by atoms with Crippen molar-refractivity contribution >= 4 is 17.8 Å². The molecule has 0 saturated carbocycles. The lowest BCUT2D eigenvalue weighted by Crippen LogP contribution is -2.38. The number of urea groups is 1. The van der Waals surface area contributed by atoms with Gasteiger partial charge in [0.05, 0.1) is 5.56 Å². The van der Waals surface area contributed by atoms with Gasteiger partial charge in [0.1, 0.15) is 5.82 Å². The molecule has 138 valence electrons. The fourth-order valence-electron chi connectivity index (χ4n) is 2.62. The highest BCUT2D eigenvalue weighted by molar-refractivity contribution is 5.93. The van der Waals surface area contributed by atoms with Gasteiger partial charge in [0.25, 0.3) is 0 Å². The molecule has 0 unspecified atom stereocenters. The second kappa shape index (κ2) is 8.15. The van der Waals surface area contributed by atoms with Crippen LogP contribution in [0.15, 0.2) is 18.3 Å². The Hall–Kier alpha value is -2.36. The Kier molecular flexibility index (Phi) is 6.18. The molecule has 7 nitrogen and oxygen atoms in total. The summed E-state index contributed by atoms with van der Waals surface area (Å²) >= 11 is 0. The molecule has 2 heterocycles. The Balaban J connectivity index is 1.86. The Labute approximate surface area is 143 Å². The second-order valence-corrected chi connectivity index (χ2v) is 5.75. The molecule has 3 amide bonds. The van der Waals surface area contributed by atoms with E-state index in [1.54, 1.807) is 0 Å². The largest absolute Gasteiger partial charge is 0.417 e. The number of amides is 3. The fourth-order valence-corrected chi connectivity index (χ4v) is 2.62. The van der Waals surface area contributed by atoms with Crippen molar-refractivity contribution in [3.8, 4) is 0 Å². The van der Waals surface area contributed by atoms with Crippen LogP contribution in [0.3, 0.4) is 0 Å². The van der Waals surface area contributed by atoms with Crippen molar-refractivity contribution in [3.63, 3.8) is 0 Å². The van der Waals surface area contributed by atoms with Crippen molar-refractivity contribution in [2.45, 2.75) is 19.0 Å². The van der Waals surface area contributed by atoms with E-state index in [1.165, 1.54) is 6.07 Å². The van der Waals surface area contributed by atoms with Crippen molar-refractivity contribution < 1.29 is 22.8 Å². The highest BCUT2D eigenvalue weighted by atomic mass is 19.4. The summed E-state index contributed by atoms with van der Waals surface area (Å²) in [5.41, 5.74) is 4.11. The van der Waals surface area contributed by atoms with Gasteiger partial charge in [-0.2, -0.15) is 13.2 Å². The van der Waals surface area contributed by atoms with Crippen LogP contribution >= 0.6 is 0 Å². The molecule has 1 saturated heterocycles. The minimum absolute atomic E-state index is 0.154. The summed E-state index contributed by atoms with van der Waals surface area (Å²) in [5.74, 6) is 0.0688. The molecule has 1 aromatic heterocycles. The van der Waals surface area contributed by atoms with Gasteiger partial charge in [-0.25, -0.2) is 9.78 Å². The molecule has 10 heteroatoms. The zero-order valence-electron chi connectivity index (χ0n) is 13.6. The lowest BCUT2D eigenvalue weighted by atomic mass is 10.2. The lowest BCUT2D eigenvalue weighted by Gasteiger charge is -2.23. The van der Waals surface area contributed by atoms with Gasteiger partial charge in [0.15, 0.2) is 0 Å². The van der Waals surface area contributed by atoms with Crippen LogP contribution in [0.2, 0.25) is 0 Å². The first-order chi connectivity index (χ1) is 11.8. The maximum Gasteiger partial charge on any atom is 0.417 e. The summed E-state index contributed by atoms with van der Waals surface area (Å²) in [7, 11) is 0. The summed E-state index contributed by atoms with van der Waals surface area (Å²) in [4.78, 5) is 29.9. The van der Waals surface area contributed by atoms with E-state index in [0.717, 1.165) is 25.2 Å². The minimum atomic E-state index is -4.40. The third-order valence-corrected chi connectivity index (χ3v) is 3.91. The number of hydrogen-bond donors (Lipinski definition) is 2. The van der Waals surface area contributed by atoms with Crippen molar-refractivity contribution in [1.82, 2.24) is 15.2 Å². The van der Waals surface area contributed by atoms with Gasteiger partial charge in [-0.05, 0) is 25.1 Å². The summed E-state index contributed by atoms with van der Waals surface area (Å²) in [6, 6.07) is 1.53. The topological polar surface area (TPSA) is 91.6 Å². The van der Waals surface area contributed by atoms with Crippen LogP contribution in [0.1, 0.15) is 18.4 Å². The Morgan fingerprint density at radius 3 is 2.56 bits per heavy atom. The number of carbonyl (C=O) groups excluding carboxylic acids is 2. The van der Waals surface area contributed by atoms with Gasteiger partial charge in [-0.3, -0.25) is 10.1 Å². The van der Waals surface area contributed by atoms with Gasteiger partial charge in [-0.1, -0.05) is 0 Å². The predicted molar refractivity (Wildman–Crippen MR) is 84.9 cm³/mol. The van der Waals surface area contributed by atoms with Gasteiger partial charge >= 0.3 is 12.2 Å². The lowest BCUT2D eigenvalue weighted by molar-refractivity contribution is -0.137. The Bertz CT molecular complexity index is 606. The normalized spacial score (nSPS) is 16.4. The van der Waals surface area contributed by atoms with Crippen LogP contribution in [0, 0.1) is 0 Å². The number of nitrogens with one attached hydrogen (secondary N) is 1. The standard InChI is InChI=1S/C15H20F3N5O2/c16-15(17,18)11-2-3-12(20-10-11)23-6-1-5-22(8-9-23)7-4-13(24)21-14(19)25/h2-3,10H,1,4-9H2,(H3,19,21,24,25). The Morgan fingerprint density at radius 1 is 1.20 bits per heavy atom. The average molecular weight is 359 g/mol. The Morgan fingerprint density at radius 2 is 1.96 bits per heavy atom. The van der Waals surface area contributed by atoms with Crippen LogP contribution in [0.4, 0.5) is 23.8 Å². The number of primary amides is 1. The number of aromatic nitrogens is 1. The molecule has 0 spiro atoms. The second-order valence-electron chi connectivity index (χ2n) is 5.75. The van der Waals surface area contributed by atoms with Gasteiger partial charge in [-0.15, -0.1) is 0 Å². The van der Waals surface area contributed by atoms with Crippen LogP contribution in [0.25, 0.3) is 0 Å². The molecule has 0 aromatic carbocycles. The number of anilines is 1. The SMILES string of the molecule is NC(=O)NC(=O)CCN1CCCN(c2ccc(C(F)(F)F)cn2)CC1. The molecule has 1 fully saturated rings. The number of pyridine rings is 1. The van der Waals surface area contributed by atoms with Crippen molar-refractivity contribution in [2.24, 2.45) is 5.73 Å². The average Bonchev–Trinajstić information content (AvgIpc) is 2.77. The van der Waals surface area contributed by atoms with Crippen molar-refractivity contribution in [1.29, 1.82) is 0 Å². The van der Waals surface area contributed by atoms with Crippen LogP contribution in [-0.2, 0) is 11.0 Å². The molecule has 1 aliphatic heterocycles. The van der Waals surface area contributed by atoms with Crippen LogP contribution in [-0.4, -0.2) is 54.5 Å². The number of carbonyl (C=O) groups is 2. The van der Waals surface area contributed by atoms with E-state index < -0.39 is 23.7 Å². The van der Waals surface area contributed by atoms with E-state index in [1.807, 2.05) is 10.2 Å². The molecular formula is C15H20F3N5O2. The molecule has 2 rings (SSSR count). The fraction of sp³-hybridized carbons (Fsp3) is 0.533. The molecule has 0 atom stereocenters. The third kappa shape index (κ3) is 5.89. The maximum absolute atomic E-state index is 12.6. The van der Waals surface area contributed by atoms with Crippen LogP contribution in [0.5, 0.6) is 0 Å². The van der Waals surface area contributed by atoms with Gasteiger partial charge in [0.2, 0.25) is 5.91 Å². The van der Waals surface area contributed by atoms with Gasteiger partial charge in [0, 0.05) is 38.8 Å². The van der Waals surface area contributed by atoms with Crippen molar-refractivity contribution in [3.05, 3.63) is 23.9 Å². The van der Waals surface area contributed by atoms with Crippen LogP contribution < -0.4 is 16.0 Å². The first-order valence-electron chi connectivity index (χ1n) is 7.85. The van der Waals surface area contributed by atoms with E-state index in [-0.39, 0.29) is 6.42 Å². The first kappa shape index (κ1) is 19.0. The van der Waals surface area contributed by atoms with E-state index in [2.05, 4.69) is 9.88 Å². The number of nitrogens with two attached hydrogens (primary N) is 1. The number of alkyl halides is 3. The number of halogens is 3. The molecule has 25 heavy (non-hydrogen) atoms. The smallest absolute Gasteiger partial charge is 0.355 e. The third-order valence-electron chi connectivity index (χ3n) is 3.91. The van der Waals surface area contributed by atoms with E-state index >= 15 is 0 Å². The molecule has 0 bridgehead atoms. The molecule has 0 radical (unpaired) electrons. The monoisotopic (exact) mass is 359 g/mol. The quantitative estimate of drug-likeness (QED) is 0.843. The zero-order valence-corrected chi connectivity index (χ0v) is 13.6. The molecule has 1 aromatic rings. The maximum atomic E-state index is 12.6. The summed E-state index contributed by atoms with van der Waals surface area (Å²) < 4.78 is 37.8. The van der Waals surface area contributed by atoms with E-state index in [0.29, 0.717) is 32.0 Å². The number of rotatable bonds is 4. The first-order valence-corrected chi connectivity index (χ1v) is 7.85. The summed E-state index contributed by atoms with van der Waals surface area (Å²) in [6.45, 7) is 3.14. The highest BCUT2D eigenvalue weighted by Gasteiger charge is 2.31. The van der Waals surface area contributed by atoms with Gasteiger partial charge < -0.3 is 15.5 Å². The molecule has 3 N–H and O–H groups in total. The van der Waals surface area contributed by atoms with E-state index in [9.17, 15) is 22.8 Å². The molecular weight excluding hydrogens is 339 g/mol. The molecule has 0 aliphatic carbocycles. The predicted octanol–water partition coefficient (Wildman–Crippen LogP) is 1.20. The van der Waals surface area contributed by atoms with E-state index in [4.69, 9.17) is 5.73 Å². The minimum Gasteiger partial charge on any atom is -0.355 e. The zero-order chi connectivity index (χ0) is 18.4. The highest BCUT2D eigenvalue weighted by Crippen LogP contribution is 2.29.